The van der Waals surface area contributed by atoms with Crippen molar-refractivity contribution in [1.29, 1.82) is 0 Å². The minimum atomic E-state index is -0.343. The number of hydrogen-bond acceptors (Lipinski definition) is 11. The second-order valence-corrected chi connectivity index (χ2v) is 10.0. The molecule has 0 fully saturated rings. The molecule has 3 aromatic rings. The Bertz CT molecular complexity index is 1360. The minimum Gasteiger partial charge on any atom is -0.490 e. The van der Waals surface area contributed by atoms with Gasteiger partial charge in [0.05, 0.1) is 37.1 Å². The van der Waals surface area contributed by atoms with Gasteiger partial charge in [-0.2, -0.15) is 0 Å². The number of hydrogen-bond donors (Lipinski definition) is 3. The minimum absolute atomic E-state index is 0.0440. The summed E-state index contributed by atoms with van der Waals surface area (Å²) in [5.41, 5.74) is 2.38. The van der Waals surface area contributed by atoms with Gasteiger partial charge in [-0.25, -0.2) is 9.97 Å². The van der Waals surface area contributed by atoms with Crippen LogP contribution in [-0.4, -0.2) is 87.2 Å². The van der Waals surface area contributed by atoms with Crippen LogP contribution >= 0.6 is 0 Å². The fourth-order valence-corrected chi connectivity index (χ4v) is 4.69. The van der Waals surface area contributed by atoms with Crippen molar-refractivity contribution in [3.8, 4) is 23.0 Å². The second kappa shape index (κ2) is 13.7. The molecule has 0 aliphatic carbocycles. The van der Waals surface area contributed by atoms with Crippen LogP contribution in [0, 0.1) is 0 Å². The van der Waals surface area contributed by atoms with E-state index in [4.69, 9.17) is 23.7 Å². The van der Waals surface area contributed by atoms with Crippen LogP contribution in [0.15, 0.2) is 30.6 Å². The molecule has 5 rings (SSSR count). The number of amides is 1. The first-order valence-corrected chi connectivity index (χ1v) is 14.0. The topological polar surface area (TPSA) is 128 Å². The molecule has 2 aliphatic heterocycles. The number of methoxy groups -OCH3 is 1. The Morgan fingerprint density at radius 2 is 2.02 bits per heavy atom. The standard InChI is InChI=1S/C29H38N6O6/c1-19-29(36)31-9-5-12-38-24-14-21-22(15-25(24)39-11-4-8-30-10-13-37-3)32-17-33-28(21)34-26-20(16-35(19)2)6-7-23-27(26)41-18-40-23/h6-7,14-15,17,19,30H,4-5,8-13,16,18H2,1-3H3,(H,31,36)(H,32,33,34)/t19-/m0/s1. The van der Waals surface area contributed by atoms with Crippen molar-refractivity contribution in [2.24, 2.45) is 0 Å². The van der Waals surface area contributed by atoms with Crippen LogP contribution in [0.2, 0.25) is 0 Å². The SMILES string of the molecule is COCCNCCCOc1cc2ncnc3c2cc1OCCCNC(=O)[C@H](C)N(C)Cc1ccc2c(c1N3)OCO2. The molecule has 220 valence electrons. The number of nitrogens with one attached hydrogen (secondary N) is 3. The van der Waals surface area contributed by atoms with Crippen molar-refractivity contribution in [1.82, 2.24) is 25.5 Å². The summed E-state index contributed by atoms with van der Waals surface area (Å²) < 4.78 is 28.9. The highest BCUT2D eigenvalue weighted by atomic mass is 16.7. The average Bonchev–Trinajstić information content (AvgIpc) is 3.46. The molecule has 2 bridgehead atoms. The number of carbonyl (C=O) groups excluding carboxylic acids is 1. The van der Waals surface area contributed by atoms with Gasteiger partial charge in [0, 0.05) is 38.2 Å². The van der Waals surface area contributed by atoms with Crippen LogP contribution < -0.4 is 34.9 Å². The maximum atomic E-state index is 12.9. The number of carbonyl (C=O) groups is 1. The van der Waals surface area contributed by atoms with Gasteiger partial charge in [-0.05, 0) is 51.1 Å². The van der Waals surface area contributed by atoms with Crippen LogP contribution in [0.4, 0.5) is 11.5 Å². The van der Waals surface area contributed by atoms with E-state index in [-0.39, 0.29) is 18.7 Å². The van der Waals surface area contributed by atoms with Gasteiger partial charge in [0.25, 0.3) is 0 Å². The Morgan fingerprint density at radius 3 is 2.90 bits per heavy atom. The molecule has 0 unspecified atom stereocenters. The first-order valence-electron chi connectivity index (χ1n) is 14.0. The van der Waals surface area contributed by atoms with Crippen molar-refractivity contribution >= 4 is 28.3 Å². The molecule has 1 amide bonds. The maximum absolute atomic E-state index is 12.9. The Kier molecular flexibility index (Phi) is 9.55. The lowest BCUT2D eigenvalue weighted by atomic mass is 10.1. The van der Waals surface area contributed by atoms with E-state index < -0.39 is 0 Å². The monoisotopic (exact) mass is 566 g/mol. The number of aromatic nitrogens is 2. The van der Waals surface area contributed by atoms with Gasteiger partial charge in [0.2, 0.25) is 12.7 Å². The molecule has 1 aromatic heterocycles. The van der Waals surface area contributed by atoms with E-state index in [1.165, 1.54) is 6.33 Å². The molecular formula is C29H38N6O6. The van der Waals surface area contributed by atoms with Crippen molar-refractivity contribution in [2.45, 2.75) is 32.4 Å². The van der Waals surface area contributed by atoms with Gasteiger partial charge >= 0.3 is 0 Å². The van der Waals surface area contributed by atoms with Crippen LogP contribution in [0.1, 0.15) is 25.3 Å². The van der Waals surface area contributed by atoms with E-state index in [1.54, 1.807) is 7.11 Å². The van der Waals surface area contributed by atoms with Gasteiger partial charge in [-0.1, -0.05) is 6.07 Å². The molecule has 3 heterocycles. The quantitative estimate of drug-likeness (QED) is 0.348. The average molecular weight is 567 g/mol. The molecule has 12 nitrogen and oxygen atoms in total. The Hall–Kier alpha value is -3.87. The molecule has 3 N–H and O–H groups in total. The number of rotatable bonds is 8. The number of nitrogens with zero attached hydrogens (tertiary/aromatic N) is 3. The predicted octanol–water partition coefficient (Wildman–Crippen LogP) is 2.83. The van der Waals surface area contributed by atoms with Crippen LogP contribution in [0.3, 0.4) is 0 Å². The van der Waals surface area contributed by atoms with E-state index in [9.17, 15) is 4.79 Å². The van der Waals surface area contributed by atoms with Crippen molar-refractivity contribution in [2.75, 3.05) is 65.7 Å². The largest absolute Gasteiger partial charge is 0.490 e. The summed E-state index contributed by atoms with van der Waals surface area (Å²) in [5.74, 6) is 3.01. The van der Waals surface area contributed by atoms with Crippen molar-refractivity contribution < 1.29 is 28.5 Å². The number of anilines is 2. The van der Waals surface area contributed by atoms with Crippen LogP contribution in [0.25, 0.3) is 10.9 Å². The third-order valence-electron chi connectivity index (χ3n) is 7.15. The number of benzene rings is 2. The summed E-state index contributed by atoms with van der Waals surface area (Å²) in [6.45, 7) is 6.22. The van der Waals surface area contributed by atoms with Crippen LogP contribution in [-0.2, 0) is 16.1 Å². The van der Waals surface area contributed by atoms with Gasteiger partial charge in [-0.15, -0.1) is 0 Å². The molecule has 41 heavy (non-hydrogen) atoms. The zero-order chi connectivity index (χ0) is 28.6. The fourth-order valence-electron chi connectivity index (χ4n) is 4.69. The fraction of sp³-hybridized carbons (Fsp3) is 0.483. The van der Waals surface area contributed by atoms with Gasteiger partial charge < -0.3 is 39.6 Å². The second-order valence-electron chi connectivity index (χ2n) is 10.0. The summed E-state index contributed by atoms with van der Waals surface area (Å²) >= 11 is 0. The van der Waals surface area contributed by atoms with Gasteiger partial charge in [0.15, 0.2) is 23.0 Å². The first kappa shape index (κ1) is 28.7. The highest BCUT2D eigenvalue weighted by Crippen LogP contribution is 2.44. The Balaban J connectivity index is 1.48. The lowest BCUT2D eigenvalue weighted by Gasteiger charge is -2.26. The summed E-state index contributed by atoms with van der Waals surface area (Å²) in [7, 11) is 3.61. The molecule has 12 heteroatoms. The molecule has 0 spiro atoms. The number of ether oxygens (including phenoxy) is 5. The molecule has 0 radical (unpaired) electrons. The zero-order valence-electron chi connectivity index (χ0n) is 23.8. The lowest BCUT2D eigenvalue weighted by molar-refractivity contribution is -0.125. The summed E-state index contributed by atoms with van der Waals surface area (Å²) in [5, 5.41) is 10.6. The lowest BCUT2D eigenvalue weighted by Crippen LogP contribution is -2.43. The molecule has 2 aliphatic rings. The molecule has 2 aromatic carbocycles. The normalized spacial score (nSPS) is 17.5. The molecule has 0 saturated carbocycles. The molecule has 1 atom stereocenters. The Labute approximate surface area is 239 Å². The predicted molar refractivity (Wildman–Crippen MR) is 154 cm³/mol. The summed E-state index contributed by atoms with van der Waals surface area (Å²) in [6.07, 6.45) is 2.98. The molecule has 0 saturated heterocycles. The maximum Gasteiger partial charge on any atom is 0.237 e. The van der Waals surface area contributed by atoms with Crippen molar-refractivity contribution in [3.63, 3.8) is 0 Å². The highest BCUT2D eigenvalue weighted by Gasteiger charge is 2.25. The van der Waals surface area contributed by atoms with Crippen LogP contribution in [0.5, 0.6) is 23.0 Å². The van der Waals surface area contributed by atoms with Gasteiger partial charge in [0.1, 0.15) is 12.1 Å². The first-order chi connectivity index (χ1) is 20.0. The third-order valence-corrected chi connectivity index (χ3v) is 7.15. The van der Waals surface area contributed by atoms with Gasteiger partial charge in [-0.3, -0.25) is 9.69 Å². The van der Waals surface area contributed by atoms with E-state index in [2.05, 4.69) is 25.9 Å². The molecular weight excluding hydrogens is 528 g/mol. The number of likely N-dealkylation sites (N-methyl/N-ethyl adjacent to an activating group) is 1. The smallest absolute Gasteiger partial charge is 0.237 e. The number of fused-ring (bicyclic) bond motifs is 4. The van der Waals surface area contributed by atoms with Crippen molar-refractivity contribution in [3.05, 3.63) is 36.2 Å². The zero-order valence-corrected chi connectivity index (χ0v) is 23.8. The van der Waals surface area contributed by atoms with E-state index in [0.717, 1.165) is 36.1 Å². The van der Waals surface area contributed by atoms with E-state index in [1.807, 2.05) is 43.1 Å². The van der Waals surface area contributed by atoms with E-state index in [0.29, 0.717) is 73.7 Å². The third kappa shape index (κ3) is 6.89. The summed E-state index contributed by atoms with van der Waals surface area (Å²) in [4.78, 5) is 24.0. The van der Waals surface area contributed by atoms with E-state index >= 15 is 0 Å². The Morgan fingerprint density at radius 1 is 1.12 bits per heavy atom. The highest BCUT2D eigenvalue weighted by molar-refractivity contribution is 5.94. The summed E-state index contributed by atoms with van der Waals surface area (Å²) in [6, 6.07) is 7.31.